The highest BCUT2D eigenvalue weighted by atomic mass is 32.1. The monoisotopic (exact) mass is 271 g/mol. The van der Waals surface area contributed by atoms with E-state index in [-0.39, 0.29) is 11.3 Å². The zero-order chi connectivity index (χ0) is 14.6. The molecule has 0 bridgehead atoms. The van der Waals surface area contributed by atoms with Gasteiger partial charge < -0.3 is 10.0 Å². The number of hydrogen-bond acceptors (Lipinski definition) is 5. The summed E-state index contributed by atoms with van der Waals surface area (Å²) in [5.74, 6) is 2.85. The highest BCUT2D eigenvalue weighted by molar-refractivity contribution is 7.63. The highest BCUT2D eigenvalue weighted by Crippen LogP contribution is 1.99. The van der Waals surface area contributed by atoms with Crippen molar-refractivity contribution in [3.05, 3.63) is 34.2 Å². The number of benzene rings is 1. The average Bonchev–Trinajstić information content (AvgIpc) is 2.33. The lowest BCUT2D eigenvalue weighted by Gasteiger charge is -2.04. The quantitative estimate of drug-likeness (QED) is 0.462. The third-order valence-corrected chi connectivity index (χ3v) is 1.84. The molecule has 0 unspecified atom stereocenters. The van der Waals surface area contributed by atoms with Gasteiger partial charge in [-0.25, -0.2) is 4.21 Å². The normalized spacial score (nSPS) is 8.06. The molecule has 0 saturated heterocycles. The molecular weight excluding hydrogens is 253 g/mol. The minimum absolute atomic E-state index is 0.250. The lowest BCUT2D eigenvalue weighted by molar-refractivity contribution is 0.425. The Kier molecular flexibility index (Phi) is 12.9. The summed E-state index contributed by atoms with van der Waals surface area (Å²) in [4.78, 5) is 8.92. The van der Waals surface area contributed by atoms with Crippen LogP contribution in [0, 0.1) is 18.8 Å². The summed E-state index contributed by atoms with van der Waals surface area (Å²) in [6, 6.07) is 5.60. The van der Waals surface area contributed by atoms with Gasteiger partial charge in [0.25, 0.3) is 0 Å². The van der Waals surface area contributed by atoms with Crippen LogP contribution in [0.3, 0.4) is 0 Å². The second kappa shape index (κ2) is 12.2. The van der Waals surface area contributed by atoms with Gasteiger partial charge in [0, 0.05) is 0 Å². The number of hydrogen-bond donors (Lipinski definition) is 2. The molecule has 0 amide bonds. The van der Waals surface area contributed by atoms with E-state index >= 15 is 0 Å². The molecule has 100 valence electrons. The van der Waals surface area contributed by atoms with Crippen LogP contribution in [-0.4, -0.2) is 33.8 Å². The largest absolute Gasteiger partial charge is 0.488 e. The molecule has 0 radical (unpaired) electrons. The van der Waals surface area contributed by atoms with Gasteiger partial charge in [-0.3, -0.25) is 0 Å². The van der Waals surface area contributed by atoms with E-state index in [0.29, 0.717) is 12.0 Å². The van der Waals surface area contributed by atoms with Gasteiger partial charge in [-0.05, 0) is 32.1 Å². The Morgan fingerprint density at radius 2 is 1.83 bits per heavy atom. The van der Waals surface area contributed by atoms with Crippen LogP contribution in [0.5, 0.6) is 0 Å². The van der Waals surface area contributed by atoms with Gasteiger partial charge in [-0.1, -0.05) is 34.5 Å². The van der Waals surface area contributed by atoms with Crippen LogP contribution in [0.2, 0.25) is 0 Å². The van der Waals surface area contributed by atoms with Crippen molar-refractivity contribution in [1.82, 2.24) is 0 Å². The fourth-order valence-corrected chi connectivity index (χ4v) is 1.04. The van der Waals surface area contributed by atoms with Crippen LogP contribution in [-0.2, 0) is 11.3 Å². The summed E-state index contributed by atoms with van der Waals surface area (Å²) < 4.78 is 8.74. The first-order valence-corrected chi connectivity index (χ1v) is 6.12. The lowest BCUT2D eigenvalue weighted by atomic mass is 9.77. The summed E-state index contributed by atoms with van der Waals surface area (Å²) >= 11 is 0.250. The summed E-state index contributed by atoms with van der Waals surface area (Å²) in [5, 5.41) is 20.3. The zero-order valence-electron chi connectivity index (χ0n) is 10.8. The molecule has 0 heterocycles. The Balaban J connectivity index is 0. The smallest absolute Gasteiger partial charge is 0.423 e. The molecular formula is C11H18BNO4S. The maximum absolute atomic E-state index is 8.92. The topological polar surface area (TPSA) is 87.0 Å². The number of nitroso groups, excluding NO2 is 1. The predicted molar refractivity (Wildman–Crippen MR) is 77.3 cm³/mol. The molecule has 0 atom stereocenters. The van der Waals surface area contributed by atoms with Crippen molar-refractivity contribution in [3.63, 3.8) is 0 Å². The van der Waals surface area contributed by atoms with Crippen molar-refractivity contribution in [3.8, 4) is 0 Å². The van der Waals surface area contributed by atoms with Gasteiger partial charge in [-0.15, -0.1) is 0 Å². The molecule has 5 nitrogen and oxygen atoms in total. The minimum Gasteiger partial charge on any atom is -0.423 e. The maximum atomic E-state index is 8.92. The van der Waals surface area contributed by atoms with Crippen molar-refractivity contribution in [1.29, 1.82) is 0 Å². The first-order chi connectivity index (χ1) is 8.44. The van der Waals surface area contributed by atoms with E-state index < -0.39 is 7.12 Å². The van der Waals surface area contributed by atoms with E-state index in [1.165, 1.54) is 0 Å². The van der Waals surface area contributed by atoms with Gasteiger partial charge in [0.05, 0.1) is 17.8 Å². The molecule has 0 fully saturated rings. The van der Waals surface area contributed by atoms with E-state index in [0.717, 1.165) is 11.1 Å². The van der Waals surface area contributed by atoms with Crippen molar-refractivity contribution in [2.24, 2.45) is 5.18 Å². The highest BCUT2D eigenvalue weighted by Gasteiger charge is 2.12. The molecule has 2 N–H and O–H groups in total. The predicted octanol–water partition coefficient (Wildman–Crippen LogP) is 0.387. The summed E-state index contributed by atoms with van der Waals surface area (Å²) in [7, 11) is -1.35. The van der Waals surface area contributed by atoms with E-state index in [1.54, 1.807) is 13.0 Å². The fraction of sp³-hybridized carbons (Fsp3) is 0.364. The van der Waals surface area contributed by atoms with Gasteiger partial charge in [0.2, 0.25) is 0 Å². The number of rotatable bonds is 2. The molecule has 18 heavy (non-hydrogen) atoms. The molecule has 1 rings (SSSR count). The van der Waals surface area contributed by atoms with Crippen LogP contribution in [0.1, 0.15) is 18.1 Å². The molecule has 0 spiro atoms. The third-order valence-electron chi connectivity index (χ3n) is 1.84. The van der Waals surface area contributed by atoms with Gasteiger partial charge >= 0.3 is 7.12 Å². The van der Waals surface area contributed by atoms with Crippen molar-refractivity contribution < 1.29 is 14.3 Å². The Labute approximate surface area is 111 Å². The summed E-state index contributed by atoms with van der Waals surface area (Å²) in [5.41, 5.74) is 2.54. The Morgan fingerprint density at radius 3 is 2.11 bits per heavy atom. The Hall–Kier alpha value is -1.31. The van der Waals surface area contributed by atoms with Crippen LogP contribution in [0.25, 0.3) is 0 Å². The Morgan fingerprint density at radius 1 is 1.39 bits per heavy atom. The second-order valence-corrected chi connectivity index (χ2v) is 3.53. The fourth-order valence-electron chi connectivity index (χ4n) is 1.04. The third kappa shape index (κ3) is 9.89. The SMILES string of the molecule is C=S=O.CCN=O.Cc1ccc(C)c(B(O)O)c1. The van der Waals surface area contributed by atoms with Gasteiger partial charge in [0.1, 0.15) is 0 Å². The van der Waals surface area contributed by atoms with E-state index in [9.17, 15) is 0 Å². The van der Waals surface area contributed by atoms with Crippen molar-refractivity contribution in [2.75, 3.05) is 6.54 Å². The molecule has 0 aliphatic rings. The maximum Gasteiger partial charge on any atom is 0.488 e. The molecule has 0 aliphatic heterocycles. The standard InChI is InChI=1S/C8H11BO2.C2H5NO.CH2OS/c1-6-3-4-7(2)8(5-6)9(10)11;1-2-3-4;1-3-2/h3-5,10-11H,1-2H3;2H2,1H3;1H2. The summed E-state index contributed by atoms with van der Waals surface area (Å²) in [6.07, 6.45) is 0. The van der Waals surface area contributed by atoms with E-state index in [2.05, 4.69) is 11.0 Å². The molecule has 0 aliphatic carbocycles. The molecule has 1 aromatic carbocycles. The lowest BCUT2D eigenvalue weighted by Crippen LogP contribution is -2.32. The van der Waals surface area contributed by atoms with Crippen LogP contribution in [0.4, 0.5) is 0 Å². The molecule has 0 saturated carbocycles. The molecule has 7 heteroatoms. The van der Waals surface area contributed by atoms with Crippen LogP contribution >= 0.6 is 0 Å². The van der Waals surface area contributed by atoms with E-state index in [4.69, 9.17) is 19.2 Å². The molecule has 0 aromatic heterocycles. The number of nitrogens with zero attached hydrogens (tertiary/aromatic N) is 1. The first kappa shape index (κ1) is 19.0. The van der Waals surface area contributed by atoms with Gasteiger partial charge in [-0.2, -0.15) is 4.91 Å². The van der Waals surface area contributed by atoms with Gasteiger partial charge in [0.15, 0.2) is 0 Å². The van der Waals surface area contributed by atoms with Crippen LogP contribution < -0.4 is 5.46 Å². The minimum atomic E-state index is -1.35. The Bertz CT molecular complexity index is 393. The summed E-state index contributed by atoms with van der Waals surface area (Å²) in [6.45, 7) is 5.87. The molecule has 1 aromatic rings. The van der Waals surface area contributed by atoms with E-state index in [1.807, 2.05) is 26.0 Å². The van der Waals surface area contributed by atoms with Crippen LogP contribution in [0.15, 0.2) is 23.4 Å². The average molecular weight is 271 g/mol. The second-order valence-electron chi connectivity index (χ2n) is 3.30. The van der Waals surface area contributed by atoms with Crippen molar-refractivity contribution >= 4 is 29.7 Å². The van der Waals surface area contributed by atoms with Crippen molar-refractivity contribution in [2.45, 2.75) is 20.8 Å². The number of aryl methyl sites for hydroxylation is 2. The zero-order valence-corrected chi connectivity index (χ0v) is 11.6. The first-order valence-electron chi connectivity index (χ1n) is 5.20.